The highest BCUT2D eigenvalue weighted by atomic mass is 35.5. The molecule has 0 radical (unpaired) electrons. The first-order valence-corrected chi connectivity index (χ1v) is 9.23. The van der Waals surface area contributed by atoms with E-state index in [0.717, 1.165) is 21.8 Å². The number of nitrogens with two attached hydrogens (primary N) is 1. The lowest BCUT2D eigenvalue weighted by atomic mass is 10.0. The average Bonchev–Trinajstić information content (AvgIpc) is 3.14. The minimum Gasteiger partial charge on any atom is -0.395 e. The lowest BCUT2D eigenvalue weighted by Crippen LogP contribution is -2.36. The van der Waals surface area contributed by atoms with E-state index in [-0.39, 0.29) is 12.6 Å². The highest BCUT2D eigenvalue weighted by Gasteiger charge is 2.22. The van der Waals surface area contributed by atoms with Crippen LogP contribution in [0.3, 0.4) is 0 Å². The van der Waals surface area contributed by atoms with Gasteiger partial charge in [0.05, 0.1) is 40.6 Å². The van der Waals surface area contributed by atoms with Crippen molar-refractivity contribution >= 4 is 39.5 Å². The first kappa shape index (κ1) is 18.2. The normalized spacial score (nSPS) is 13.6. The number of aliphatic hydroxyl groups excluding tert-OH is 1. The van der Waals surface area contributed by atoms with Crippen LogP contribution >= 0.6 is 34.5 Å². The average molecular weight is 397 g/mol. The van der Waals surface area contributed by atoms with Gasteiger partial charge in [0, 0.05) is 12.6 Å². The molecule has 0 aliphatic heterocycles. The van der Waals surface area contributed by atoms with Crippen LogP contribution < -0.4 is 11.1 Å². The van der Waals surface area contributed by atoms with Crippen LogP contribution in [0.15, 0.2) is 42.6 Å². The van der Waals surface area contributed by atoms with Gasteiger partial charge in [-0.2, -0.15) is 5.10 Å². The Balaban J connectivity index is 1.93. The van der Waals surface area contributed by atoms with Crippen molar-refractivity contribution in [2.24, 2.45) is 12.8 Å². The Morgan fingerprint density at radius 1 is 1.32 bits per heavy atom. The van der Waals surface area contributed by atoms with Gasteiger partial charge in [0.2, 0.25) is 0 Å². The third kappa shape index (κ3) is 3.83. The van der Waals surface area contributed by atoms with Gasteiger partial charge in [-0.25, -0.2) is 0 Å². The van der Waals surface area contributed by atoms with Gasteiger partial charge in [-0.1, -0.05) is 53.5 Å². The molecule has 0 fully saturated rings. The molecular formula is C17H18Cl2N4OS. The monoisotopic (exact) mass is 396 g/mol. The van der Waals surface area contributed by atoms with Crippen LogP contribution in [0.4, 0.5) is 5.00 Å². The molecule has 132 valence electrons. The van der Waals surface area contributed by atoms with E-state index in [0.29, 0.717) is 9.36 Å². The van der Waals surface area contributed by atoms with E-state index in [9.17, 15) is 5.11 Å². The SMILES string of the molecule is Cn1ncc(Cl)c1-c1cc(N[C@@H](c2ccccc2)[C@H](N)CO)sc1Cl. The molecule has 0 unspecified atom stereocenters. The first-order chi connectivity index (χ1) is 12.0. The number of aliphatic hydroxyl groups is 1. The number of hydrogen-bond donors (Lipinski definition) is 3. The fourth-order valence-corrected chi connectivity index (χ4v) is 4.15. The van der Waals surface area contributed by atoms with Gasteiger partial charge in [-0.3, -0.25) is 4.68 Å². The molecule has 25 heavy (non-hydrogen) atoms. The van der Waals surface area contributed by atoms with E-state index in [1.807, 2.05) is 43.4 Å². The number of rotatable bonds is 6. The lowest BCUT2D eigenvalue weighted by Gasteiger charge is -2.24. The molecule has 4 N–H and O–H groups in total. The smallest absolute Gasteiger partial charge is 0.104 e. The summed E-state index contributed by atoms with van der Waals surface area (Å²) < 4.78 is 2.30. The number of anilines is 1. The highest BCUT2D eigenvalue weighted by Crippen LogP contribution is 2.42. The molecular weight excluding hydrogens is 379 g/mol. The number of hydrogen-bond acceptors (Lipinski definition) is 5. The summed E-state index contributed by atoms with van der Waals surface area (Å²) in [5, 5.41) is 18.4. The van der Waals surface area contributed by atoms with Crippen LogP contribution in [-0.2, 0) is 7.05 Å². The van der Waals surface area contributed by atoms with Crippen LogP contribution in [0.2, 0.25) is 9.36 Å². The second-order valence-corrected chi connectivity index (χ2v) is 7.70. The number of benzene rings is 1. The fourth-order valence-electron chi connectivity index (χ4n) is 2.67. The third-order valence-corrected chi connectivity index (χ3v) is 5.50. The van der Waals surface area contributed by atoms with Gasteiger partial charge >= 0.3 is 0 Å². The van der Waals surface area contributed by atoms with Crippen LogP contribution in [0, 0.1) is 0 Å². The quantitative estimate of drug-likeness (QED) is 0.589. The van der Waals surface area contributed by atoms with Crippen molar-refractivity contribution in [2.45, 2.75) is 12.1 Å². The Kier molecular flexibility index (Phi) is 5.66. The molecule has 2 aromatic heterocycles. The number of nitrogens with zero attached hydrogens (tertiary/aromatic N) is 2. The highest BCUT2D eigenvalue weighted by molar-refractivity contribution is 7.20. The Morgan fingerprint density at radius 2 is 2.04 bits per heavy atom. The predicted molar refractivity (Wildman–Crippen MR) is 104 cm³/mol. The Hall–Kier alpha value is -1.57. The van der Waals surface area contributed by atoms with Crippen molar-refractivity contribution in [3.8, 4) is 11.3 Å². The van der Waals surface area contributed by atoms with Crippen LogP contribution in [-0.4, -0.2) is 27.5 Å². The maximum Gasteiger partial charge on any atom is 0.104 e. The summed E-state index contributed by atoms with van der Waals surface area (Å²) in [4.78, 5) is 0. The molecule has 0 aliphatic rings. The molecule has 0 saturated carbocycles. The molecule has 0 saturated heterocycles. The molecule has 2 atom stereocenters. The zero-order valence-electron chi connectivity index (χ0n) is 13.5. The molecule has 0 bridgehead atoms. The molecule has 3 aromatic rings. The van der Waals surface area contributed by atoms with E-state index in [1.54, 1.807) is 10.9 Å². The number of aromatic nitrogens is 2. The van der Waals surface area contributed by atoms with Crippen molar-refractivity contribution in [1.82, 2.24) is 9.78 Å². The number of nitrogens with one attached hydrogen (secondary N) is 1. The van der Waals surface area contributed by atoms with Crippen molar-refractivity contribution in [3.05, 3.63) is 57.5 Å². The second-order valence-electron chi connectivity index (χ2n) is 5.64. The van der Waals surface area contributed by atoms with Gasteiger partial charge in [0.1, 0.15) is 4.34 Å². The van der Waals surface area contributed by atoms with Crippen molar-refractivity contribution in [1.29, 1.82) is 0 Å². The van der Waals surface area contributed by atoms with Crippen LogP contribution in [0.25, 0.3) is 11.3 Å². The van der Waals surface area contributed by atoms with E-state index in [4.69, 9.17) is 28.9 Å². The third-order valence-electron chi connectivity index (χ3n) is 3.93. The van der Waals surface area contributed by atoms with Gasteiger partial charge in [0.15, 0.2) is 0 Å². The fraction of sp³-hybridized carbons (Fsp3) is 0.235. The summed E-state index contributed by atoms with van der Waals surface area (Å²) in [6.45, 7) is -0.133. The summed E-state index contributed by atoms with van der Waals surface area (Å²) in [6, 6.07) is 11.0. The standard InChI is InChI=1S/C17H18Cl2N4OS/c1-23-16(12(18)8-21-23)11-7-14(25-17(11)19)22-15(13(20)9-24)10-5-3-2-4-6-10/h2-8,13,15,22,24H,9,20H2,1H3/t13-,15+/m1/s1. The summed E-state index contributed by atoms with van der Waals surface area (Å²) >= 11 is 14.0. The molecule has 0 spiro atoms. The first-order valence-electron chi connectivity index (χ1n) is 7.66. The Bertz CT molecular complexity index is 830. The minimum atomic E-state index is -0.452. The van der Waals surface area contributed by atoms with E-state index in [1.165, 1.54) is 11.3 Å². The predicted octanol–water partition coefficient (Wildman–Crippen LogP) is 3.93. The van der Waals surface area contributed by atoms with E-state index >= 15 is 0 Å². The minimum absolute atomic E-state index is 0.133. The zero-order chi connectivity index (χ0) is 18.0. The maximum atomic E-state index is 9.51. The van der Waals surface area contributed by atoms with Gasteiger partial charge in [-0.05, 0) is 11.6 Å². The summed E-state index contributed by atoms with van der Waals surface area (Å²) in [5.41, 5.74) is 8.67. The van der Waals surface area contributed by atoms with Crippen LogP contribution in [0.1, 0.15) is 11.6 Å². The summed E-state index contributed by atoms with van der Waals surface area (Å²) in [6.07, 6.45) is 1.59. The van der Waals surface area contributed by atoms with Crippen LogP contribution in [0.5, 0.6) is 0 Å². The van der Waals surface area contributed by atoms with E-state index < -0.39 is 6.04 Å². The maximum absolute atomic E-state index is 9.51. The number of aryl methyl sites for hydroxylation is 1. The lowest BCUT2D eigenvalue weighted by molar-refractivity contribution is 0.254. The topological polar surface area (TPSA) is 76.1 Å². The van der Waals surface area contributed by atoms with Gasteiger partial charge < -0.3 is 16.2 Å². The summed E-state index contributed by atoms with van der Waals surface area (Å²) in [7, 11) is 1.82. The largest absolute Gasteiger partial charge is 0.395 e. The molecule has 5 nitrogen and oxygen atoms in total. The molecule has 2 heterocycles. The van der Waals surface area contributed by atoms with E-state index in [2.05, 4.69) is 10.4 Å². The van der Waals surface area contributed by atoms with Crippen molar-refractivity contribution in [3.63, 3.8) is 0 Å². The van der Waals surface area contributed by atoms with Gasteiger partial charge in [-0.15, -0.1) is 11.3 Å². The summed E-state index contributed by atoms with van der Waals surface area (Å²) in [5.74, 6) is 0. The molecule has 0 amide bonds. The number of thiophene rings is 1. The van der Waals surface area contributed by atoms with Crippen molar-refractivity contribution < 1.29 is 5.11 Å². The molecule has 0 aliphatic carbocycles. The number of halogens is 2. The second kappa shape index (κ2) is 7.76. The van der Waals surface area contributed by atoms with Crippen molar-refractivity contribution in [2.75, 3.05) is 11.9 Å². The Labute approximate surface area is 160 Å². The zero-order valence-corrected chi connectivity index (χ0v) is 15.8. The Morgan fingerprint density at radius 3 is 2.64 bits per heavy atom. The molecule has 8 heteroatoms. The molecule has 3 rings (SSSR count). The van der Waals surface area contributed by atoms with Gasteiger partial charge in [0.25, 0.3) is 0 Å². The molecule has 1 aromatic carbocycles.